The van der Waals surface area contributed by atoms with Crippen LogP contribution in [0.4, 0.5) is 0 Å². The van der Waals surface area contributed by atoms with Crippen LogP contribution in [0.1, 0.15) is 31.9 Å². The number of hydrogen-bond acceptors (Lipinski definition) is 3. The first-order valence-corrected chi connectivity index (χ1v) is 8.93. The summed E-state index contributed by atoms with van der Waals surface area (Å²) in [5.41, 5.74) is 4.41. The van der Waals surface area contributed by atoms with E-state index in [0.717, 1.165) is 29.2 Å². The molecule has 1 aromatic heterocycles. The predicted molar refractivity (Wildman–Crippen MR) is 109 cm³/mol. The van der Waals surface area contributed by atoms with Gasteiger partial charge in [0.05, 0.1) is 0 Å². The second kappa shape index (κ2) is 8.34. The van der Waals surface area contributed by atoms with Crippen LogP contribution in [0, 0.1) is 6.92 Å². The van der Waals surface area contributed by atoms with Gasteiger partial charge in [-0.2, -0.15) is 0 Å². The molecule has 0 spiro atoms. The Morgan fingerprint density at radius 1 is 0.846 bits per heavy atom. The van der Waals surface area contributed by atoms with Gasteiger partial charge in [-0.3, -0.25) is 0 Å². The lowest BCUT2D eigenvalue weighted by Crippen LogP contribution is -2.02. The molecule has 0 fully saturated rings. The molecule has 0 atom stereocenters. The van der Waals surface area contributed by atoms with Crippen LogP contribution >= 0.6 is 0 Å². The molecule has 0 bridgehead atoms. The molecule has 26 heavy (non-hydrogen) atoms. The molecule has 3 aromatic rings. The molecule has 0 aliphatic heterocycles. The topological polar surface area (TPSA) is 38.7 Å². The van der Waals surface area contributed by atoms with Gasteiger partial charge >= 0.3 is 0 Å². The van der Waals surface area contributed by atoms with Crippen molar-refractivity contribution in [3.63, 3.8) is 0 Å². The Hall–Kier alpha value is -3.07. The van der Waals surface area contributed by atoms with Crippen molar-refractivity contribution in [1.82, 2.24) is 15.0 Å². The van der Waals surface area contributed by atoms with Crippen LogP contribution in [0.5, 0.6) is 0 Å². The number of benzene rings is 2. The Morgan fingerprint density at radius 3 is 2.15 bits per heavy atom. The molecule has 0 saturated heterocycles. The third-order valence-corrected chi connectivity index (χ3v) is 4.03. The van der Waals surface area contributed by atoms with Crippen LogP contribution in [-0.2, 0) is 0 Å². The number of hydrogen-bond donors (Lipinski definition) is 0. The number of nitrogens with zero attached hydrogens (tertiary/aromatic N) is 3. The molecule has 2 aromatic carbocycles. The summed E-state index contributed by atoms with van der Waals surface area (Å²) in [6.07, 6.45) is 7.12. The molecule has 0 aliphatic carbocycles. The van der Waals surface area contributed by atoms with Crippen molar-refractivity contribution < 1.29 is 0 Å². The summed E-state index contributed by atoms with van der Waals surface area (Å²) in [4.78, 5) is 13.8. The first-order valence-electron chi connectivity index (χ1n) is 8.93. The van der Waals surface area contributed by atoms with Gasteiger partial charge < -0.3 is 0 Å². The molecule has 3 heteroatoms. The lowest BCUT2D eigenvalue weighted by molar-refractivity contribution is 0.961. The molecule has 0 N–H and O–H groups in total. The van der Waals surface area contributed by atoms with E-state index < -0.39 is 0 Å². The average molecular weight is 341 g/mol. The van der Waals surface area contributed by atoms with Gasteiger partial charge in [0, 0.05) is 11.1 Å². The normalized spacial score (nSPS) is 11.9. The zero-order valence-electron chi connectivity index (χ0n) is 15.5. The van der Waals surface area contributed by atoms with Gasteiger partial charge in [0.25, 0.3) is 0 Å². The third-order valence-electron chi connectivity index (χ3n) is 4.03. The van der Waals surface area contributed by atoms with Crippen molar-refractivity contribution in [2.75, 3.05) is 0 Å². The zero-order valence-corrected chi connectivity index (χ0v) is 15.5. The van der Waals surface area contributed by atoms with Crippen molar-refractivity contribution in [2.24, 2.45) is 0 Å². The average Bonchev–Trinajstić information content (AvgIpc) is 2.68. The highest BCUT2D eigenvalue weighted by Crippen LogP contribution is 2.24. The molecule has 0 amide bonds. The molecule has 0 unspecified atom stereocenters. The SMILES string of the molecule is C/C=C\C(=C/CC)c1nc(C)nc(-c2ccc(-c3ccccc3)cc2)n1. The molecule has 3 rings (SSSR count). The van der Waals surface area contributed by atoms with E-state index in [2.05, 4.69) is 59.4 Å². The maximum Gasteiger partial charge on any atom is 0.163 e. The minimum Gasteiger partial charge on any atom is -0.213 e. The molecule has 1 heterocycles. The van der Waals surface area contributed by atoms with E-state index in [-0.39, 0.29) is 0 Å². The van der Waals surface area contributed by atoms with Crippen molar-refractivity contribution in [3.8, 4) is 22.5 Å². The van der Waals surface area contributed by atoms with Crippen LogP contribution in [-0.4, -0.2) is 15.0 Å². The second-order valence-electron chi connectivity index (χ2n) is 6.04. The van der Waals surface area contributed by atoms with Crippen molar-refractivity contribution in [3.05, 3.63) is 84.5 Å². The maximum atomic E-state index is 4.70. The monoisotopic (exact) mass is 341 g/mol. The van der Waals surface area contributed by atoms with E-state index >= 15 is 0 Å². The van der Waals surface area contributed by atoms with E-state index in [1.165, 1.54) is 11.1 Å². The summed E-state index contributed by atoms with van der Waals surface area (Å²) in [7, 11) is 0. The van der Waals surface area contributed by atoms with Crippen LogP contribution in [0.15, 0.2) is 72.8 Å². The fraction of sp³-hybridized carbons (Fsp3) is 0.174. The first kappa shape index (κ1) is 17.7. The summed E-state index contributed by atoms with van der Waals surface area (Å²) in [6, 6.07) is 18.7. The van der Waals surface area contributed by atoms with E-state index in [1.807, 2.05) is 44.2 Å². The lowest BCUT2D eigenvalue weighted by Gasteiger charge is -2.07. The van der Waals surface area contributed by atoms with Gasteiger partial charge in [-0.1, -0.05) is 79.7 Å². The highest BCUT2D eigenvalue weighted by molar-refractivity contribution is 5.71. The van der Waals surface area contributed by atoms with Gasteiger partial charge in [-0.25, -0.2) is 15.0 Å². The molecule has 0 aliphatic rings. The van der Waals surface area contributed by atoms with Crippen molar-refractivity contribution >= 4 is 5.57 Å². The second-order valence-corrected chi connectivity index (χ2v) is 6.04. The molecule has 130 valence electrons. The van der Waals surface area contributed by atoms with E-state index in [1.54, 1.807) is 0 Å². The zero-order chi connectivity index (χ0) is 18.4. The van der Waals surface area contributed by atoms with Crippen LogP contribution in [0.25, 0.3) is 28.1 Å². The summed E-state index contributed by atoms with van der Waals surface area (Å²) in [5.74, 6) is 2.15. The van der Waals surface area contributed by atoms with Crippen LogP contribution in [0.3, 0.4) is 0 Å². The predicted octanol–water partition coefficient (Wildman–Crippen LogP) is 5.88. The minimum absolute atomic E-state index is 0.707. The van der Waals surface area contributed by atoms with Gasteiger partial charge in [0.1, 0.15) is 5.82 Å². The van der Waals surface area contributed by atoms with Crippen LogP contribution in [0.2, 0.25) is 0 Å². The van der Waals surface area contributed by atoms with Crippen molar-refractivity contribution in [1.29, 1.82) is 0 Å². The highest BCUT2D eigenvalue weighted by Gasteiger charge is 2.09. The Labute approximate surface area is 155 Å². The first-order chi connectivity index (χ1) is 12.7. The summed E-state index contributed by atoms with van der Waals surface area (Å²) >= 11 is 0. The van der Waals surface area contributed by atoms with E-state index in [4.69, 9.17) is 4.98 Å². The number of aromatic nitrogens is 3. The summed E-state index contributed by atoms with van der Waals surface area (Å²) in [5, 5.41) is 0. The lowest BCUT2D eigenvalue weighted by atomic mass is 10.0. The third kappa shape index (κ3) is 4.12. The highest BCUT2D eigenvalue weighted by atomic mass is 15.0. The van der Waals surface area contributed by atoms with Crippen molar-refractivity contribution in [2.45, 2.75) is 27.2 Å². The smallest absolute Gasteiger partial charge is 0.163 e. The largest absolute Gasteiger partial charge is 0.213 e. The number of allylic oxidation sites excluding steroid dienone is 4. The van der Waals surface area contributed by atoms with Crippen LogP contribution < -0.4 is 0 Å². The quantitative estimate of drug-likeness (QED) is 0.544. The Bertz CT molecular complexity index is 923. The Morgan fingerprint density at radius 2 is 1.50 bits per heavy atom. The fourth-order valence-electron chi connectivity index (χ4n) is 2.82. The Kier molecular flexibility index (Phi) is 5.69. The standard InChI is InChI=1S/C23H23N3/c1-4-9-20(10-5-2)22-24-17(3)25-23(26-22)21-15-13-19(14-16-21)18-11-7-6-8-12-18/h4,6-16H,5H2,1-3H3/b9-4-,20-10+. The molecule has 0 saturated carbocycles. The minimum atomic E-state index is 0.707. The number of aryl methyl sites for hydroxylation is 1. The van der Waals surface area contributed by atoms with E-state index in [0.29, 0.717) is 5.82 Å². The fourth-order valence-corrected chi connectivity index (χ4v) is 2.82. The van der Waals surface area contributed by atoms with E-state index in [9.17, 15) is 0 Å². The molecular formula is C23H23N3. The van der Waals surface area contributed by atoms with Gasteiger partial charge in [-0.05, 0) is 31.4 Å². The molecule has 0 radical (unpaired) electrons. The number of rotatable bonds is 5. The van der Waals surface area contributed by atoms with Gasteiger partial charge in [0.2, 0.25) is 0 Å². The van der Waals surface area contributed by atoms with Gasteiger partial charge in [0.15, 0.2) is 11.6 Å². The Balaban J connectivity index is 1.98. The molecular weight excluding hydrogens is 318 g/mol. The maximum absolute atomic E-state index is 4.70. The summed E-state index contributed by atoms with van der Waals surface area (Å²) < 4.78 is 0. The van der Waals surface area contributed by atoms with Gasteiger partial charge in [-0.15, -0.1) is 0 Å². The summed E-state index contributed by atoms with van der Waals surface area (Å²) in [6.45, 7) is 6.02. The molecule has 3 nitrogen and oxygen atoms in total.